The van der Waals surface area contributed by atoms with Gasteiger partial charge < -0.3 is 4.74 Å². The van der Waals surface area contributed by atoms with Crippen LogP contribution in [0, 0.1) is 17.6 Å². The van der Waals surface area contributed by atoms with Crippen molar-refractivity contribution in [1.29, 1.82) is 0 Å². The molecule has 0 aromatic heterocycles. The zero-order valence-corrected chi connectivity index (χ0v) is 19.0. The van der Waals surface area contributed by atoms with Gasteiger partial charge in [0.2, 0.25) is 0 Å². The SMILES string of the molecule is CCC1CCOC(=O)C1c1ccc(F)c(F)c1.[I][V]([I])[I]. The van der Waals surface area contributed by atoms with Crippen molar-refractivity contribution in [2.24, 2.45) is 5.92 Å². The number of ether oxygens (including phenoxy) is 1. The Morgan fingerprint density at radius 2 is 1.90 bits per heavy atom. The molecule has 1 heterocycles. The normalized spacial score (nSPS) is 21.6. The number of hydrogen-bond donors (Lipinski definition) is 0. The minimum absolute atomic E-state index is 0.140. The molecule has 0 bridgehead atoms. The molecule has 2 atom stereocenters. The van der Waals surface area contributed by atoms with E-state index in [1.165, 1.54) is 6.07 Å². The molecule has 1 aliphatic heterocycles. The summed E-state index contributed by atoms with van der Waals surface area (Å²) in [6.45, 7) is 2.40. The molecule has 1 aromatic carbocycles. The van der Waals surface area contributed by atoms with Gasteiger partial charge in [0.05, 0.1) is 12.5 Å². The molecule has 1 aromatic rings. The van der Waals surface area contributed by atoms with Gasteiger partial charge >= 0.3 is 70.8 Å². The van der Waals surface area contributed by atoms with Crippen molar-refractivity contribution in [2.45, 2.75) is 25.7 Å². The van der Waals surface area contributed by atoms with Gasteiger partial charge in [-0.15, -0.1) is 0 Å². The van der Waals surface area contributed by atoms with Crippen LogP contribution in [-0.2, 0) is 14.5 Å². The van der Waals surface area contributed by atoms with Crippen molar-refractivity contribution in [2.75, 3.05) is 6.61 Å². The Morgan fingerprint density at radius 1 is 1.29 bits per heavy atom. The van der Waals surface area contributed by atoms with Crippen molar-refractivity contribution < 1.29 is 23.2 Å². The Hall–Kier alpha value is 1.32. The van der Waals surface area contributed by atoms with Crippen LogP contribution in [0.1, 0.15) is 31.2 Å². The molecule has 2 rings (SSSR count). The molecule has 0 amide bonds. The van der Waals surface area contributed by atoms with E-state index in [1.807, 2.05) is 6.92 Å². The van der Waals surface area contributed by atoms with E-state index in [4.69, 9.17) is 4.74 Å². The monoisotopic (exact) mass is 672 g/mol. The maximum atomic E-state index is 13.2. The summed E-state index contributed by atoms with van der Waals surface area (Å²) < 4.78 is 31.0. The van der Waals surface area contributed by atoms with Gasteiger partial charge in [-0.3, -0.25) is 4.79 Å². The molecule has 21 heavy (non-hydrogen) atoms. The summed E-state index contributed by atoms with van der Waals surface area (Å²) in [5, 5.41) is 0. The van der Waals surface area contributed by atoms with Crippen LogP contribution in [0.5, 0.6) is 0 Å². The molecule has 0 spiro atoms. The van der Waals surface area contributed by atoms with E-state index >= 15 is 0 Å². The summed E-state index contributed by atoms with van der Waals surface area (Å²) >= 11 is 7.39. The fourth-order valence-electron chi connectivity index (χ4n) is 2.31. The topological polar surface area (TPSA) is 26.3 Å². The molecule has 2 unspecified atom stereocenters. The summed E-state index contributed by atoms with van der Waals surface area (Å²) in [7, 11) is 0. The Labute approximate surface area is 160 Å². The van der Waals surface area contributed by atoms with E-state index in [1.54, 1.807) is 0 Å². The van der Waals surface area contributed by atoms with E-state index in [9.17, 15) is 13.6 Å². The van der Waals surface area contributed by atoms with Gasteiger partial charge in [-0.1, -0.05) is 19.4 Å². The fourth-order valence-corrected chi connectivity index (χ4v) is 2.31. The molecular weight excluding hydrogens is 658 g/mol. The van der Waals surface area contributed by atoms with E-state index in [2.05, 4.69) is 59.9 Å². The van der Waals surface area contributed by atoms with E-state index < -0.39 is 17.6 Å². The number of carbonyl (C=O) groups excluding carboxylic acids is 1. The first kappa shape index (κ1) is 20.4. The Kier molecular flexibility index (Phi) is 9.94. The van der Waals surface area contributed by atoms with Crippen LogP contribution < -0.4 is 0 Å². The second kappa shape index (κ2) is 10.2. The number of rotatable bonds is 2. The Bertz CT molecular complexity index is 486. The number of hydrogen-bond acceptors (Lipinski definition) is 2. The third kappa shape index (κ3) is 6.76. The van der Waals surface area contributed by atoms with Crippen LogP contribution in [0.3, 0.4) is 0 Å². The van der Waals surface area contributed by atoms with Crippen LogP contribution >= 0.6 is 59.9 Å². The van der Waals surface area contributed by atoms with Crippen molar-refractivity contribution in [3.63, 3.8) is 0 Å². The van der Waals surface area contributed by atoms with Crippen LogP contribution in [0.15, 0.2) is 18.2 Å². The van der Waals surface area contributed by atoms with Crippen LogP contribution in [-0.4, -0.2) is 12.6 Å². The summed E-state index contributed by atoms with van der Waals surface area (Å²) in [6.07, 6.45) is 1.59. The maximum absolute atomic E-state index is 13.2. The molecule has 0 radical (unpaired) electrons. The number of benzene rings is 1. The minimum atomic E-state index is -0.921. The van der Waals surface area contributed by atoms with Crippen molar-refractivity contribution in [1.82, 2.24) is 0 Å². The van der Waals surface area contributed by atoms with Crippen LogP contribution in [0.4, 0.5) is 8.78 Å². The van der Waals surface area contributed by atoms with Gasteiger partial charge in [-0.2, -0.15) is 0 Å². The first-order valence-electron chi connectivity index (χ1n) is 6.25. The molecule has 118 valence electrons. The van der Waals surface area contributed by atoms with Gasteiger partial charge in [0.1, 0.15) is 0 Å². The van der Waals surface area contributed by atoms with Gasteiger partial charge in [0.25, 0.3) is 0 Å². The molecule has 2 nitrogen and oxygen atoms in total. The molecule has 0 N–H and O–H groups in total. The summed E-state index contributed by atoms with van der Waals surface area (Å²) in [6, 6.07) is 3.60. The standard InChI is InChI=1S/C13H14F2O2.3HI.V/c1-2-8-5-6-17-13(16)12(8)9-3-4-10(14)11(15)7-9;;;;/h3-4,7-8,12H,2,5-6H2,1H3;3*1H;/q;;;;+3/p-3. The average molecular weight is 672 g/mol. The first-order valence-corrected chi connectivity index (χ1v) is 19.8. The second-order valence-corrected chi connectivity index (χ2v) is 39.8. The predicted octanol–water partition coefficient (Wildman–Crippen LogP) is 5.68. The molecule has 8 heteroatoms. The van der Waals surface area contributed by atoms with Gasteiger partial charge in [0.15, 0.2) is 11.6 Å². The van der Waals surface area contributed by atoms with Crippen molar-refractivity contribution in [3.05, 3.63) is 35.4 Å². The number of cyclic esters (lactones) is 1. The third-order valence-corrected chi connectivity index (χ3v) is 3.29. The van der Waals surface area contributed by atoms with Gasteiger partial charge in [-0.25, -0.2) is 8.78 Å². The molecule has 0 saturated carbocycles. The molecule has 1 saturated heterocycles. The zero-order valence-electron chi connectivity index (χ0n) is 11.2. The average Bonchev–Trinajstić information content (AvgIpc) is 2.41. The van der Waals surface area contributed by atoms with Crippen molar-refractivity contribution in [3.8, 4) is 0 Å². The fraction of sp³-hybridized carbons (Fsp3) is 0.462. The van der Waals surface area contributed by atoms with Gasteiger partial charge in [-0.05, 0) is 30.0 Å². The van der Waals surface area contributed by atoms with E-state index in [0.717, 1.165) is 25.0 Å². The second-order valence-electron chi connectivity index (χ2n) is 4.47. The van der Waals surface area contributed by atoms with E-state index in [-0.39, 0.29) is 16.8 Å². The van der Waals surface area contributed by atoms with Crippen LogP contribution in [0.2, 0.25) is 0 Å². The van der Waals surface area contributed by atoms with E-state index in [0.29, 0.717) is 12.2 Å². The Morgan fingerprint density at radius 3 is 2.43 bits per heavy atom. The van der Waals surface area contributed by atoms with Crippen molar-refractivity contribution >= 4 is 65.9 Å². The Balaban J connectivity index is 0.000000491. The quantitative estimate of drug-likeness (QED) is 0.299. The number of esters is 1. The molecule has 1 aliphatic rings. The summed E-state index contributed by atoms with van der Waals surface area (Å²) in [5.41, 5.74) is 0.500. The third-order valence-electron chi connectivity index (χ3n) is 3.29. The number of carbonyl (C=O) groups is 1. The predicted molar refractivity (Wildman–Crippen MR) is 101 cm³/mol. The molecule has 0 aliphatic carbocycles. The molecule has 1 fully saturated rings. The van der Waals surface area contributed by atoms with Gasteiger partial charge in [0, 0.05) is 0 Å². The molecular formula is C13H14F2I3O2V. The first-order chi connectivity index (χ1) is 9.86. The van der Waals surface area contributed by atoms with Crippen LogP contribution in [0.25, 0.3) is 0 Å². The number of halogens is 5. The zero-order chi connectivity index (χ0) is 16.0. The summed E-state index contributed by atoms with van der Waals surface area (Å²) in [4.78, 5) is 11.4. The summed E-state index contributed by atoms with van der Waals surface area (Å²) in [5.74, 6) is -2.49.